The fourth-order valence-electron chi connectivity index (χ4n) is 2.12. The Bertz CT molecular complexity index is 700. The van der Waals surface area contributed by atoms with Gasteiger partial charge in [-0.1, -0.05) is 53.5 Å². The van der Waals surface area contributed by atoms with Gasteiger partial charge < -0.3 is 20.3 Å². The van der Waals surface area contributed by atoms with E-state index in [1.165, 1.54) is 12.3 Å². The van der Waals surface area contributed by atoms with Gasteiger partial charge in [-0.25, -0.2) is 9.78 Å². The number of aromatic nitrogens is 1. The first-order chi connectivity index (χ1) is 12.0. The summed E-state index contributed by atoms with van der Waals surface area (Å²) in [6, 6.07) is 10.7. The van der Waals surface area contributed by atoms with Gasteiger partial charge in [0.25, 0.3) is 0 Å². The summed E-state index contributed by atoms with van der Waals surface area (Å²) >= 11 is 11.7. The Hall–Kier alpha value is -1.86. The number of ether oxygens (including phenoxy) is 1. The van der Waals surface area contributed by atoms with Gasteiger partial charge in [0.05, 0.1) is 11.1 Å². The van der Waals surface area contributed by atoms with Gasteiger partial charge in [0.2, 0.25) is 0 Å². The first-order valence-corrected chi connectivity index (χ1v) is 8.35. The SMILES string of the molecule is O=C(NCCC(O)C(O)c1ccnc(Cl)c1Cl)OCc1ccccc1. The Morgan fingerprint density at radius 2 is 1.92 bits per heavy atom. The number of aliphatic hydroxyl groups is 2. The van der Waals surface area contributed by atoms with E-state index in [0.29, 0.717) is 0 Å². The average molecular weight is 385 g/mol. The van der Waals surface area contributed by atoms with Crippen LogP contribution in [0.5, 0.6) is 0 Å². The van der Waals surface area contributed by atoms with Crippen molar-refractivity contribution in [2.45, 2.75) is 25.2 Å². The number of carbonyl (C=O) groups is 1. The Labute approximate surface area is 155 Å². The molecule has 0 aliphatic rings. The van der Waals surface area contributed by atoms with Crippen LogP contribution >= 0.6 is 23.2 Å². The molecule has 0 spiro atoms. The summed E-state index contributed by atoms with van der Waals surface area (Å²) < 4.78 is 5.05. The van der Waals surface area contributed by atoms with Crippen molar-refractivity contribution in [1.29, 1.82) is 0 Å². The number of nitrogens with zero attached hydrogens (tertiary/aromatic N) is 1. The quantitative estimate of drug-likeness (QED) is 0.637. The molecule has 1 aromatic heterocycles. The molecule has 0 aliphatic heterocycles. The van der Waals surface area contributed by atoms with E-state index in [4.69, 9.17) is 27.9 Å². The molecule has 134 valence electrons. The van der Waals surface area contributed by atoms with Crippen LogP contribution in [0.25, 0.3) is 0 Å². The summed E-state index contributed by atoms with van der Waals surface area (Å²) in [5.41, 5.74) is 1.15. The highest BCUT2D eigenvalue weighted by atomic mass is 35.5. The molecule has 6 nitrogen and oxygen atoms in total. The van der Waals surface area contributed by atoms with Crippen molar-refractivity contribution < 1.29 is 19.7 Å². The number of hydrogen-bond acceptors (Lipinski definition) is 5. The third-order valence-corrected chi connectivity index (χ3v) is 4.26. The second-order valence-electron chi connectivity index (χ2n) is 5.29. The molecule has 1 heterocycles. The van der Waals surface area contributed by atoms with E-state index in [9.17, 15) is 15.0 Å². The smallest absolute Gasteiger partial charge is 0.407 e. The number of rotatable bonds is 7. The zero-order valence-corrected chi connectivity index (χ0v) is 14.7. The van der Waals surface area contributed by atoms with E-state index in [2.05, 4.69) is 10.3 Å². The van der Waals surface area contributed by atoms with Gasteiger partial charge in [-0.3, -0.25) is 0 Å². The number of alkyl carbamates (subject to hydrolysis) is 1. The normalized spacial score (nSPS) is 13.1. The number of hydrogen-bond donors (Lipinski definition) is 3. The maximum atomic E-state index is 11.6. The fraction of sp³-hybridized carbons (Fsp3) is 0.294. The molecule has 0 saturated carbocycles. The van der Waals surface area contributed by atoms with Crippen LogP contribution in [0.15, 0.2) is 42.6 Å². The van der Waals surface area contributed by atoms with Crippen LogP contribution < -0.4 is 5.32 Å². The van der Waals surface area contributed by atoms with Crippen molar-refractivity contribution >= 4 is 29.3 Å². The molecule has 2 aromatic rings. The minimum absolute atomic E-state index is 0.0491. The molecule has 1 amide bonds. The highest BCUT2D eigenvalue weighted by Gasteiger charge is 2.22. The molecule has 0 fully saturated rings. The van der Waals surface area contributed by atoms with Crippen molar-refractivity contribution in [3.8, 4) is 0 Å². The van der Waals surface area contributed by atoms with E-state index in [1.807, 2.05) is 30.3 Å². The number of pyridine rings is 1. The molecular formula is C17H18Cl2N2O4. The fourth-order valence-corrected chi connectivity index (χ4v) is 2.51. The average Bonchev–Trinajstić information content (AvgIpc) is 2.62. The highest BCUT2D eigenvalue weighted by molar-refractivity contribution is 6.41. The van der Waals surface area contributed by atoms with Crippen LogP contribution in [0, 0.1) is 0 Å². The van der Waals surface area contributed by atoms with Crippen LogP contribution in [-0.2, 0) is 11.3 Å². The predicted octanol–water partition coefficient (Wildman–Crippen LogP) is 3.10. The van der Waals surface area contributed by atoms with Gasteiger partial charge in [-0.05, 0) is 18.1 Å². The van der Waals surface area contributed by atoms with Crippen LogP contribution in [0.1, 0.15) is 23.7 Å². The van der Waals surface area contributed by atoms with Gasteiger partial charge in [0.1, 0.15) is 17.9 Å². The minimum Gasteiger partial charge on any atom is -0.445 e. The van der Waals surface area contributed by atoms with Gasteiger partial charge in [-0.15, -0.1) is 0 Å². The Balaban J connectivity index is 1.75. The summed E-state index contributed by atoms with van der Waals surface area (Å²) in [6.07, 6.45) is -1.48. The van der Waals surface area contributed by atoms with Gasteiger partial charge in [0.15, 0.2) is 0 Å². The molecular weight excluding hydrogens is 367 g/mol. The third kappa shape index (κ3) is 5.86. The second kappa shape index (κ2) is 9.58. The maximum absolute atomic E-state index is 11.6. The standard InChI is InChI=1S/C17H18Cl2N2O4/c18-14-12(6-8-20-16(14)19)15(23)13(22)7-9-21-17(24)25-10-11-4-2-1-3-5-11/h1-6,8,13,15,22-23H,7,9-10H2,(H,21,24). The van der Waals surface area contributed by atoms with Gasteiger partial charge in [-0.2, -0.15) is 0 Å². The van der Waals surface area contributed by atoms with Crippen molar-refractivity contribution in [1.82, 2.24) is 10.3 Å². The van der Waals surface area contributed by atoms with Crippen LogP contribution in [-0.4, -0.2) is 33.9 Å². The van der Waals surface area contributed by atoms with Gasteiger partial charge in [0, 0.05) is 18.3 Å². The van der Waals surface area contributed by atoms with Crippen molar-refractivity contribution in [2.75, 3.05) is 6.54 Å². The molecule has 0 radical (unpaired) electrons. The first-order valence-electron chi connectivity index (χ1n) is 7.59. The molecule has 2 atom stereocenters. The zero-order valence-electron chi connectivity index (χ0n) is 13.2. The summed E-state index contributed by atoms with van der Waals surface area (Å²) in [6.45, 7) is 0.283. The van der Waals surface area contributed by atoms with Crippen LogP contribution in [0.4, 0.5) is 4.79 Å². The summed E-state index contributed by atoms with van der Waals surface area (Å²) in [7, 11) is 0. The summed E-state index contributed by atoms with van der Waals surface area (Å²) in [4.78, 5) is 15.4. The topological polar surface area (TPSA) is 91.7 Å². The second-order valence-corrected chi connectivity index (χ2v) is 6.03. The largest absolute Gasteiger partial charge is 0.445 e. The Morgan fingerprint density at radius 1 is 1.20 bits per heavy atom. The predicted molar refractivity (Wildman–Crippen MR) is 94.5 cm³/mol. The van der Waals surface area contributed by atoms with Gasteiger partial charge >= 0.3 is 6.09 Å². The summed E-state index contributed by atoms with van der Waals surface area (Å²) in [5.74, 6) is 0. The number of nitrogens with one attached hydrogen (secondary N) is 1. The van der Waals surface area contributed by atoms with Crippen LogP contribution in [0.2, 0.25) is 10.2 Å². The van der Waals surface area contributed by atoms with E-state index < -0.39 is 18.3 Å². The summed E-state index contributed by atoms with van der Waals surface area (Å²) in [5, 5.41) is 22.8. The maximum Gasteiger partial charge on any atom is 0.407 e. The molecule has 2 rings (SSSR count). The molecule has 0 saturated heterocycles. The lowest BCUT2D eigenvalue weighted by molar-refractivity contribution is 0.0136. The number of carbonyl (C=O) groups excluding carboxylic acids is 1. The molecule has 3 N–H and O–H groups in total. The lowest BCUT2D eigenvalue weighted by Gasteiger charge is -2.19. The lowest BCUT2D eigenvalue weighted by atomic mass is 10.0. The number of halogens is 2. The zero-order chi connectivity index (χ0) is 18.2. The van der Waals surface area contributed by atoms with Crippen molar-refractivity contribution in [3.63, 3.8) is 0 Å². The van der Waals surface area contributed by atoms with Crippen molar-refractivity contribution in [3.05, 3.63) is 63.9 Å². The molecule has 2 unspecified atom stereocenters. The number of aliphatic hydroxyl groups excluding tert-OH is 2. The molecule has 8 heteroatoms. The Morgan fingerprint density at radius 3 is 2.64 bits per heavy atom. The van der Waals surface area contributed by atoms with E-state index in [0.717, 1.165) is 5.56 Å². The first kappa shape index (κ1) is 19.5. The molecule has 0 bridgehead atoms. The minimum atomic E-state index is -1.24. The number of amides is 1. The van der Waals surface area contributed by atoms with E-state index in [1.54, 1.807) is 0 Å². The van der Waals surface area contributed by atoms with Crippen LogP contribution in [0.3, 0.4) is 0 Å². The van der Waals surface area contributed by atoms with E-state index >= 15 is 0 Å². The highest BCUT2D eigenvalue weighted by Crippen LogP contribution is 2.30. The van der Waals surface area contributed by atoms with Crippen molar-refractivity contribution in [2.24, 2.45) is 0 Å². The molecule has 1 aromatic carbocycles. The Kier molecular flexibility index (Phi) is 7.46. The molecule has 25 heavy (non-hydrogen) atoms. The third-order valence-electron chi connectivity index (χ3n) is 3.48. The monoisotopic (exact) mass is 384 g/mol. The van der Waals surface area contributed by atoms with E-state index in [-0.39, 0.29) is 35.3 Å². The lowest BCUT2D eigenvalue weighted by Crippen LogP contribution is -2.29. The number of benzene rings is 1. The molecule has 0 aliphatic carbocycles.